The van der Waals surface area contributed by atoms with Gasteiger partial charge in [0.05, 0.1) is 11.0 Å². The monoisotopic (exact) mass is 406 g/mol. The molecule has 0 saturated carbocycles. The zero-order valence-electron chi connectivity index (χ0n) is 16.2. The van der Waals surface area contributed by atoms with Crippen LogP contribution in [-0.2, 0) is 6.54 Å². The number of nitrogens with zero attached hydrogens (tertiary/aromatic N) is 1. The molecule has 4 aromatic rings. The van der Waals surface area contributed by atoms with E-state index in [-0.39, 0.29) is 11.3 Å². The molecule has 0 atom stereocenters. The number of H-pyrrole nitrogens is 1. The molecule has 0 spiro atoms. The van der Waals surface area contributed by atoms with E-state index >= 15 is 0 Å². The van der Waals surface area contributed by atoms with E-state index in [2.05, 4.69) is 15.8 Å². The van der Waals surface area contributed by atoms with Crippen LogP contribution in [0.1, 0.15) is 33.4 Å². The number of rotatable bonds is 3. The number of furan rings is 1. The van der Waals surface area contributed by atoms with Crippen molar-refractivity contribution in [2.45, 2.75) is 20.4 Å². The predicted molar refractivity (Wildman–Crippen MR) is 110 cm³/mol. The fraction of sp³-hybridized carbons (Fsp3) is 0.143. The van der Waals surface area contributed by atoms with E-state index in [0.29, 0.717) is 28.7 Å². The van der Waals surface area contributed by atoms with Gasteiger partial charge in [0.1, 0.15) is 5.58 Å². The molecule has 0 saturated heterocycles. The minimum atomic E-state index is -0.768. The molecule has 3 N–H and O–H groups in total. The number of aromatic amines is 1. The van der Waals surface area contributed by atoms with Crippen molar-refractivity contribution in [3.63, 3.8) is 0 Å². The number of amides is 2. The molecule has 0 bridgehead atoms. The number of aryl methyl sites for hydroxylation is 2. The number of para-hydroxylation sites is 1. The second-order valence-electron chi connectivity index (χ2n) is 6.70. The average molecular weight is 406 g/mol. The standard InChI is InChI=1S/C21H18N4O5/c1-3-25-15-9-8-12(10-14(15)22-20(28)21(25)29)18(26)23-24-19(27)17-11(2)13-6-4-5-7-16(13)30-17/h4-10H,3H2,1-2H3,(H,22,28)(H,23,26)(H,24,27). The summed E-state index contributed by atoms with van der Waals surface area (Å²) in [5.74, 6) is -1.08. The number of benzene rings is 2. The number of hydrogen-bond donors (Lipinski definition) is 3. The molecule has 9 nitrogen and oxygen atoms in total. The first kappa shape index (κ1) is 19.2. The van der Waals surface area contributed by atoms with E-state index in [9.17, 15) is 19.2 Å². The number of hydrogen-bond acceptors (Lipinski definition) is 5. The summed E-state index contributed by atoms with van der Waals surface area (Å²) in [6, 6.07) is 11.7. The van der Waals surface area contributed by atoms with E-state index in [1.165, 1.54) is 16.7 Å². The highest BCUT2D eigenvalue weighted by Crippen LogP contribution is 2.24. The molecular formula is C21H18N4O5. The first-order chi connectivity index (χ1) is 14.4. The molecule has 4 rings (SSSR count). The Kier molecular flexibility index (Phi) is 4.71. The fourth-order valence-electron chi connectivity index (χ4n) is 3.37. The van der Waals surface area contributed by atoms with Gasteiger partial charge in [-0.2, -0.15) is 0 Å². The molecule has 0 aliphatic rings. The van der Waals surface area contributed by atoms with Crippen molar-refractivity contribution in [3.05, 3.63) is 80.1 Å². The maximum atomic E-state index is 12.5. The summed E-state index contributed by atoms with van der Waals surface area (Å²) in [6.07, 6.45) is 0. The third-order valence-electron chi connectivity index (χ3n) is 4.89. The van der Waals surface area contributed by atoms with Crippen LogP contribution in [0.25, 0.3) is 22.0 Å². The van der Waals surface area contributed by atoms with Crippen molar-refractivity contribution in [2.24, 2.45) is 0 Å². The van der Waals surface area contributed by atoms with E-state index in [1.807, 2.05) is 12.1 Å². The molecule has 0 unspecified atom stereocenters. The summed E-state index contributed by atoms with van der Waals surface area (Å²) in [7, 11) is 0. The summed E-state index contributed by atoms with van der Waals surface area (Å²) in [5.41, 5.74) is 5.51. The van der Waals surface area contributed by atoms with Gasteiger partial charge >= 0.3 is 17.0 Å². The van der Waals surface area contributed by atoms with Crippen LogP contribution in [0.4, 0.5) is 0 Å². The van der Waals surface area contributed by atoms with Gasteiger partial charge < -0.3 is 14.0 Å². The Bertz CT molecular complexity index is 1430. The lowest BCUT2D eigenvalue weighted by molar-refractivity contribution is 0.0831. The van der Waals surface area contributed by atoms with Crippen LogP contribution in [-0.4, -0.2) is 21.4 Å². The van der Waals surface area contributed by atoms with Gasteiger partial charge in [-0.25, -0.2) is 0 Å². The SMILES string of the molecule is CCn1c(=O)c(=O)[nH]c2cc(C(=O)NNC(=O)c3oc4ccccc4c3C)ccc21. The number of fused-ring (bicyclic) bond motifs is 2. The van der Waals surface area contributed by atoms with E-state index in [1.54, 1.807) is 32.0 Å². The lowest BCUT2D eigenvalue weighted by atomic mass is 10.1. The molecule has 2 aromatic heterocycles. The van der Waals surface area contributed by atoms with Crippen molar-refractivity contribution >= 4 is 33.8 Å². The maximum Gasteiger partial charge on any atom is 0.316 e. The first-order valence-electron chi connectivity index (χ1n) is 9.26. The van der Waals surface area contributed by atoms with E-state index < -0.39 is 22.9 Å². The Morgan fingerprint density at radius 1 is 1.07 bits per heavy atom. The predicted octanol–water partition coefficient (Wildman–Crippen LogP) is 1.84. The van der Waals surface area contributed by atoms with E-state index in [4.69, 9.17) is 4.42 Å². The number of hydrazine groups is 1. The largest absolute Gasteiger partial charge is 0.451 e. The van der Waals surface area contributed by atoms with Crippen LogP contribution in [0.3, 0.4) is 0 Å². The van der Waals surface area contributed by atoms with Crippen LogP contribution in [0.2, 0.25) is 0 Å². The lowest BCUT2D eigenvalue weighted by Crippen LogP contribution is -2.41. The Labute approximate surface area is 169 Å². The quantitative estimate of drug-likeness (QED) is 0.354. The Morgan fingerprint density at radius 3 is 2.53 bits per heavy atom. The summed E-state index contributed by atoms with van der Waals surface area (Å²) in [4.78, 5) is 51.1. The summed E-state index contributed by atoms with van der Waals surface area (Å²) < 4.78 is 6.89. The molecule has 0 fully saturated rings. The summed E-state index contributed by atoms with van der Waals surface area (Å²) in [5, 5.41) is 0.814. The van der Waals surface area contributed by atoms with E-state index in [0.717, 1.165) is 5.39 Å². The van der Waals surface area contributed by atoms with Gasteiger partial charge in [0.15, 0.2) is 5.76 Å². The highest BCUT2D eigenvalue weighted by atomic mass is 16.3. The van der Waals surface area contributed by atoms with Gasteiger partial charge in [0.2, 0.25) is 0 Å². The first-order valence-corrected chi connectivity index (χ1v) is 9.26. The van der Waals surface area contributed by atoms with Crippen LogP contribution in [0.15, 0.2) is 56.5 Å². The minimum Gasteiger partial charge on any atom is -0.451 e. The molecule has 30 heavy (non-hydrogen) atoms. The van der Waals surface area contributed by atoms with Gasteiger partial charge in [-0.1, -0.05) is 18.2 Å². The topological polar surface area (TPSA) is 126 Å². The zero-order chi connectivity index (χ0) is 21.4. The Balaban J connectivity index is 1.56. The molecular weight excluding hydrogens is 388 g/mol. The number of carbonyl (C=O) groups is 2. The van der Waals surface area contributed by atoms with Crippen LogP contribution in [0, 0.1) is 6.92 Å². The van der Waals surface area contributed by atoms with Crippen molar-refractivity contribution in [1.82, 2.24) is 20.4 Å². The van der Waals surface area contributed by atoms with Crippen LogP contribution >= 0.6 is 0 Å². The third-order valence-corrected chi connectivity index (χ3v) is 4.89. The minimum absolute atomic E-state index is 0.103. The molecule has 2 amide bonds. The normalized spacial score (nSPS) is 11.0. The number of nitrogens with one attached hydrogen (secondary N) is 3. The molecule has 0 radical (unpaired) electrons. The van der Waals surface area contributed by atoms with Gasteiger partial charge in [-0.05, 0) is 38.1 Å². The van der Waals surface area contributed by atoms with Crippen molar-refractivity contribution in [3.8, 4) is 0 Å². The third kappa shape index (κ3) is 3.16. The smallest absolute Gasteiger partial charge is 0.316 e. The van der Waals surface area contributed by atoms with Crippen molar-refractivity contribution in [1.29, 1.82) is 0 Å². The molecule has 9 heteroatoms. The van der Waals surface area contributed by atoms with Crippen molar-refractivity contribution in [2.75, 3.05) is 0 Å². The van der Waals surface area contributed by atoms with Gasteiger partial charge in [0.25, 0.3) is 5.91 Å². The maximum absolute atomic E-state index is 12.5. The highest BCUT2D eigenvalue weighted by molar-refractivity contribution is 6.02. The summed E-state index contributed by atoms with van der Waals surface area (Å²) in [6.45, 7) is 3.82. The fourth-order valence-corrected chi connectivity index (χ4v) is 3.37. The second kappa shape index (κ2) is 7.36. The summed E-state index contributed by atoms with van der Waals surface area (Å²) >= 11 is 0. The van der Waals surface area contributed by atoms with Gasteiger partial charge in [0, 0.05) is 23.1 Å². The Hall–Kier alpha value is -4.14. The molecule has 0 aliphatic heterocycles. The molecule has 2 aromatic carbocycles. The Morgan fingerprint density at radius 2 is 1.80 bits per heavy atom. The average Bonchev–Trinajstić information content (AvgIpc) is 3.09. The van der Waals surface area contributed by atoms with Crippen LogP contribution < -0.4 is 22.0 Å². The zero-order valence-corrected chi connectivity index (χ0v) is 16.2. The molecule has 0 aliphatic carbocycles. The van der Waals surface area contributed by atoms with Gasteiger partial charge in [-0.3, -0.25) is 30.0 Å². The van der Waals surface area contributed by atoms with Crippen LogP contribution in [0.5, 0.6) is 0 Å². The number of carbonyl (C=O) groups excluding carboxylic acids is 2. The number of aromatic nitrogens is 2. The second-order valence-corrected chi connectivity index (χ2v) is 6.70. The lowest BCUT2D eigenvalue weighted by Gasteiger charge is -2.10. The highest BCUT2D eigenvalue weighted by Gasteiger charge is 2.18. The van der Waals surface area contributed by atoms with Crippen molar-refractivity contribution < 1.29 is 14.0 Å². The molecule has 152 valence electrons. The molecule has 2 heterocycles. The van der Waals surface area contributed by atoms with Gasteiger partial charge in [-0.15, -0.1) is 0 Å².